The van der Waals surface area contributed by atoms with Crippen molar-refractivity contribution >= 4 is 0 Å². The third kappa shape index (κ3) is 5.16. The maximum atomic E-state index is 15.2. The molecule has 3 heteroatoms. The van der Waals surface area contributed by atoms with Crippen LogP contribution in [0.25, 0.3) is 0 Å². The lowest BCUT2D eigenvalue weighted by Gasteiger charge is -2.06. The van der Waals surface area contributed by atoms with E-state index in [1.807, 2.05) is 0 Å². The molecule has 0 aromatic heterocycles. The van der Waals surface area contributed by atoms with E-state index in [1.54, 1.807) is 91.0 Å². The van der Waals surface area contributed by atoms with Crippen LogP contribution >= 0.6 is 0 Å². The Kier molecular flexibility index (Phi) is 6.61. The number of halogens is 3. The second-order valence-corrected chi connectivity index (χ2v) is 6.92. The number of hydrogen-bond donors (Lipinski definition) is 0. The van der Waals surface area contributed by atoms with E-state index in [0.29, 0.717) is 16.7 Å². The highest BCUT2D eigenvalue weighted by Gasteiger charge is 2.22. The van der Waals surface area contributed by atoms with Gasteiger partial charge in [-0.25, -0.2) is 13.2 Å². The third-order valence-electron chi connectivity index (χ3n) is 4.63. The van der Waals surface area contributed by atoms with Crippen LogP contribution in [-0.2, 0) is 0 Å². The molecule has 4 aromatic carbocycles. The minimum Gasteiger partial charge on any atom is -0.204 e. The number of hydrogen-bond acceptors (Lipinski definition) is 0. The lowest BCUT2D eigenvalue weighted by atomic mass is 10.0. The van der Waals surface area contributed by atoms with Gasteiger partial charge in [-0.2, -0.15) is 0 Å². The molecular formula is C30H15F3. The number of rotatable bonds is 0. The maximum absolute atomic E-state index is 15.2. The fourth-order valence-corrected chi connectivity index (χ4v) is 2.96. The number of benzene rings is 4. The molecule has 0 nitrogen and oxygen atoms in total. The van der Waals surface area contributed by atoms with E-state index in [9.17, 15) is 0 Å². The summed E-state index contributed by atoms with van der Waals surface area (Å²) in [6, 6.07) is 26.2. The van der Waals surface area contributed by atoms with Crippen molar-refractivity contribution in [3.8, 4) is 35.5 Å². The van der Waals surface area contributed by atoms with Crippen molar-refractivity contribution in [2.45, 2.75) is 0 Å². The summed E-state index contributed by atoms with van der Waals surface area (Å²) < 4.78 is 45.6. The van der Waals surface area contributed by atoms with E-state index in [0.717, 1.165) is 0 Å². The Hall–Kier alpha value is -4.65. The molecule has 4 aromatic rings. The van der Waals surface area contributed by atoms with Crippen LogP contribution in [0, 0.1) is 53.0 Å². The predicted octanol–water partition coefficient (Wildman–Crippen LogP) is 6.30. The third-order valence-corrected chi connectivity index (χ3v) is 4.63. The minimum atomic E-state index is -1.15. The van der Waals surface area contributed by atoms with E-state index >= 15 is 13.2 Å². The molecule has 0 fully saturated rings. The SMILES string of the molecule is Fc1c(C#Cc2ccccc2)c(F)c(C#Cc2ccccc2)c(F)c1C#Cc1ccccc1. The summed E-state index contributed by atoms with van der Waals surface area (Å²) in [4.78, 5) is 0. The highest BCUT2D eigenvalue weighted by Crippen LogP contribution is 2.24. The second kappa shape index (κ2) is 10.1. The Morgan fingerprint density at radius 1 is 0.333 bits per heavy atom. The van der Waals surface area contributed by atoms with Gasteiger partial charge in [-0.05, 0) is 36.4 Å². The zero-order chi connectivity index (χ0) is 23.0. The van der Waals surface area contributed by atoms with Gasteiger partial charge < -0.3 is 0 Å². The van der Waals surface area contributed by atoms with Crippen LogP contribution in [0.2, 0.25) is 0 Å². The van der Waals surface area contributed by atoms with Gasteiger partial charge in [-0.1, -0.05) is 90.1 Å². The topological polar surface area (TPSA) is 0 Å². The normalized spacial score (nSPS) is 9.55. The molecule has 33 heavy (non-hydrogen) atoms. The molecule has 0 atom stereocenters. The van der Waals surface area contributed by atoms with Gasteiger partial charge in [0.05, 0.1) is 16.7 Å². The Bertz CT molecular complexity index is 1260. The van der Waals surface area contributed by atoms with E-state index in [-0.39, 0.29) is 0 Å². The first-order chi connectivity index (χ1) is 16.1. The summed E-state index contributed by atoms with van der Waals surface area (Å²) in [5.41, 5.74) is -0.0293. The molecule has 156 valence electrons. The van der Waals surface area contributed by atoms with Crippen LogP contribution in [0.3, 0.4) is 0 Å². The van der Waals surface area contributed by atoms with Gasteiger partial charge in [0.2, 0.25) is 0 Å². The standard InChI is InChI=1S/C30H15F3/c31-28-25(19-16-22-10-4-1-5-11-22)29(32)27(21-18-24-14-8-3-9-15-24)30(33)26(28)20-17-23-12-6-2-7-13-23/h1-15H. The highest BCUT2D eigenvalue weighted by molar-refractivity contribution is 5.58. The predicted molar refractivity (Wildman–Crippen MR) is 124 cm³/mol. The van der Waals surface area contributed by atoms with Gasteiger partial charge in [0.15, 0.2) is 17.5 Å². The molecule has 0 saturated heterocycles. The van der Waals surface area contributed by atoms with Crippen LogP contribution in [-0.4, -0.2) is 0 Å². The maximum Gasteiger partial charge on any atom is 0.160 e. The summed E-state index contributed by atoms with van der Waals surface area (Å²) >= 11 is 0. The molecule has 0 aliphatic carbocycles. The Morgan fingerprint density at radius 3 is 0.818 bits per heavy atom. The Balaban J connectivity index is 1.90. The first kappa shape index (κ1) is 21.6. The van der Waals surface area contributed by atoms with E-state index in [2.05, 4.69) is 35.5 Å². The molecular weight excluding hydrogens is 417 g/mol. The van der Waals surface area contributed by atoms with E-state index < -0.39 is 34.1 Å². The van der Waals surface area contributed by atoms with Crippen molar-refractivity contribution in [1.82, 2.24) is 0 Å². The van der Waals surface area contributed by atoms with Crippen molar-refractivity contribution in [1.29, 1.82) is 0 Å². The molecule has 0 aliphatic rings. The van der Waals surface area contributed by atoms with Crippen LogP contribution in [0.4, 0.5) is 13.2 Å². The van der Waals surface area contributed by atoms with E-state index in [1.165, 1.54) is 0 Å². The van der Waals surface area contributed by atoms with Crippen LogP contribution < -0.4 is 0 Å². The zero-order valence-electron chi connectivity index (χ0n) is 17.3. The minimum absolute atomic E-state index is 0.564. The van der Waals surface area contributed by atoms with Gasteiger partial charge >= 0.3 is 0 Å². The van der Waals surface area contributed by atoms with Crippen molar-refractivity contribution in [2.75, 3.05) is 0 Å². The van der Waals surface area contributed by atoms with E-state index in [4.69, 9.17) is 0 Å². The Labute approximate surface area is 190 Å². The van der Waals surface area contributed by atoms with Gasteiger partial charge in [0.1, 0.15) is 0 Å². The first-order valence-electron chi connectivity index (χ1n) is 10.0. The largest absolute Gasteiger partial charge is 0.204 e. The van der Waals surface area contributed by atoms with Gasteiger partial charge in [0, 0.05) is 16.7 Å². The molecule has 0 N–H and O–H groups in total. The molecule has 0 spiro atoms. The second-order valence-electron chi connectivity index (χ2n) is 6.92. The molecule has 0 saturated carbocycles. The summed E-state index contributed by atoms with van der Waals surface area (Å²) in [5.74, 6) is 12.2. The molecule has 4 rings (SSSR count). The quantitative estimate of drug-likeness (QED) is 0.286. The fourth-order valence-electron chi connectivity index (χ4n) is 2.96. The first-order valence-corrected chi connectivity index (χ1v) is 10.0. The summed E-state index contributed by atoms with van der Waals surface area (Å²) in [6.45, 7) is 0. The zero-order valence-corrected chi connectivity index (χ0v) is 17.3. The smallest absolute Gasteiger partial charge is 0.160 e. The molecule has 0 unspecified atom stereocenters. The lowest BCUT2D eigenvalue weighted by molar-refractivity contribution is 0.531. The van der Waals surface area contributed by atoms with Crippen LogP contribution in [0.1, 0.15) is 33.4 Å². The van der Waals surface area contributed by atoms with Crippen molar-refractivity contribution in [2.24, 2.45) is 0 Å². The average molecular weight is 432 g/mol. The van der Waals surface area contributed by atoms with Crippen LogP contribution in [0.15, 0.2) is 91.0 Å². The summed E-state index contributed by atoms with van der Waals surface area (Å²) in [7, 11) is 0. The Morgan fingerprint density at radius 2 is 0.576 bits per heavy atom. The van der Waals surface area contributed by atoms with Crippen molar-refractivity contribution in [3.63, 3.8) is 0 Å². The van der Waals surface area contributed by atoms with Gasteiger partial charge in [-0.15, -0.1) is 0 Å². The lowest BCUT2D eigenvalue weighted by Crippen LogP contribution is -2.04. The fraction of sp³-hybridized carbons (Fsp3) is 0. The van der Waals surface area contributed by atoms with Gasteiger partial charge in [0.25, 0.3) is 0 Å². The van der Waals surface area contributed by atoms with Crippen molar-refractivity contribution < 1.29 is 13.2 Å². The van der Waals surface area contributed by atoms with Crippen LogP contribution in [0.5, 0.6) is 0 Å². The molecule has 0 aliphatic heterocycles. The molecule has 0 amide bonds. The van der Waals surface area contributed by atoms with Crippen molar-refractivity contribution in [3.05, 3.63) is 142 Å². The summed E-state index contributed by atoms with van der Waals surface area (Å²) in [6.07, 6.45) is 0. The highest BCUT2D eigenvalue weighted by atomic mass is 19.1. The van der Waals surface area contributed by atoms with Gasteiger partial charge in [-0.3, -0.25) is 0 Å². The molecule has 0 heterocycles. The molecule has 0 radical (unpaired) electrons. The monoisotopic (exact) mass is 432 g/mol. The average Bonchev–Trinajstić information content (AvgIpc) is 2.86. The summed E-state index contributed by atoms with van der Waals surface area (Å²) in [5, 5.41) is 0. The molecule has 0 bridgehead atoms.